The lowest BCUT2D eigenvalue weighted by molar-refractivity contribution is 0.430. The van der Waals surface area contributed by atoms with E-state index >= 15 is 0 Å². The lowest BCUT2D eigenvalue weighted by atomic mass is 10.1. The number of sulfonamides is 1. The molecule has 0 fully saturated rings. The van der Waals surface area contributed by atoms with Crippen molar-refractivity contribution in [3.8, 4) is 0 Å². The molecule has 0 N–H and O–H groups in total. The third-order valence-corrected chi connectivity index (χ3v) is 6.38. The van der Waals surface area contributed by atoms with E-state index in [2.05, 4.69) is 34.9 Å². The van der Waals surface area contributed by atoms with Gasteiger partial charge in [0, 0.05) is 3.57 Å². The minimum Gasteiger partial charge on any atom is -0.259 e. The summed E-state index contributed by atoms with van der Waals surface area (Å²) in [6.45, 7) is 7.31. The summed E-state index contributed by atoms with van der Waals surface area (Å²) in [5, 5.41) is 0. The molecule has 0 bridgehead atoms. The van der Waals surface area contributed by atoms with Gasteiger partial charge in [-0.25, -0.2) is 8.42 Å². The molecule has 0 aliphatic carbocycles. The molecule has 0 aliphatic rings. The van der Waals surface area contributed by atoms with E-state index in [9.17, 15) is 8.42 Å². The molecule has 0 aromatic heterocycles. The first kappa shape index (κ1) is 17.8. The highest BCUT2D eigenvalue weighted by molar-refractivity contribution is 14.1. The van der Waals surface area contributed by atoms with E-state index in [-0.39, 0.29) is 10.9 Å². The molecule has 2 aromatic rings. The third kappa shape index (κ3) is 3.86. The lowest BCUT2D eigenvalue weighted by Crippen LogP contribution is -2.29. The average Bonchev–Trinajstić information content (AvgIpc) is 2.52. The molecule has 0 amide bonds. The largest absolute Gasteiger partial charge is 0.264 e. The van der Waals surface area contributed by atoms with Crippen molar-refractivity contribution in [1.29, 1.82) is 0 Å². The lowest BCUT2D eigenvalue weighted by Gasteiger charge is -2.27. The number of hydrogen-bond donors (Lipinski definition) is 0. The highest BCUT2D eigenvalue weighted by atomic mass is 127. The summed E-state index contributed by atoms with van der Waals surface area (Å²) in [6.07, 6.45) is 1.39. The zero-order valence-corrected chi connectivity index (χ0v) is 16.0. The summed E-state index contributed by atoms with van der Waals surface area (Å²) in [6, 6.07) is 14.2. The minimum absolute atomic E-state index is 0.257. The van der Waals surface area contributed by atoms with Gasteiger partial charge in [0.25, 0.3) is 10.0 Å². The van der Waals surface area contributed by atoms with Crippen molar-refractivity contribution in [2.24, 2.45) is 0 Å². The van der Waals surface area contributed by atoms with Crippen LogP contribution in [-0.2, 0) is 10.0 Å². The molecule has 23 heavy (non-hydrogen) atoms. The van der Waals surface area contributed by atoms with Crippen LogP contribution >= 0.6 is 22.6 Å². The Bertz CT molecular complexity index is 838. The van der Waals surface area contributed by atoms with Gasteiger partial charge in [0.1, 0.15) is 0 Å². The second-order valence-electron chi connectivity index (χ2n) is 5.18. The van der Waals surface area contributed by atoms with Crippen LogP contribution in [0.5, 0.6) is 0 Å². The Kier molecular flexibility index (Phi) is 5.68. The summed E-state index contributed by atoms with van der Waals surface area (Å²) in [5.74, 6) is 0. The topological polar surface area (TPSA) is 37.4 Å². The third-order valence-electron chi connectivity index (χ3n) is 3.55. The van der Waals surface area contributed by atoms with Gasteiger partial charge in [0.2, 0.25) is 0 Å². The van der Waals surface area contributed by atoms with Crippen molar-refractivity contribution in [3.63, 3.8) is 0 Å². The molecule has 0 saturated heterocycles. The van der Waals surface area contributed by atoms with E-state index in [1.165, 1.54) is 10.5 Å². The van der Waals surface area contributed by atoms with Crippen LogP contribution < -0.4 is 0 Å². The average molecular weight is 439 g/mol. The van der Waals surface area contributed by atoms with Crippen molar-refractivity contribution >= 4 is 32.6 Å². The number of halogens is 1. The zero-order chi connectivity index (χ0) is 17.0. The van der Waals surface area contributed by atoms with Gasteiger partial charge in [0.15, 0.2) is 0 Å². The van der Waals surface area contributed by atoms with Gasteiger partial charge < -0.3 is 0 Å². The van der Waals surface area contributed by atoms with Crippen molar-refractivity contribution in [1.82, 2.24) is 4.31 Å². The molecule has 0 spiro atoms. The van der Waals surface area contributed by atoms with E-state index in [0.29, 0.717) is 0 Å². The molecule has 2 aromatic carbocycles. The van der Waals surface area contributed by atoms with E-state index in [1.54, 1.807) is 24.3 Å². The maximum absolute atomic E-state index is 13.0. The van der Waals surface area contributed by atoms with E-state index < -0.39 is 10.0 Å². The Morgan fingerprint density at radius 2 is 1.78 bits per heavy atom. The predicted molar refractivity (Wildman–Crippen MR) is 101 cm³/mol. The van der Waals surface area contributed by atoms with Crippen LogP contribution in [0, 0.1) is 10.5 Å². The normalized spacial score (nSPS) is 12.3. The van der Waals surface area contributed by atoms with Crippen LogP contribution in [0.15, 0.2) is 71.9 Å². The molecule has 1 atom stereocenters. The molecular formula is C18H18INO2S. The number of nitrogens with zero attached hydrogens (tertiary/aromatic N) is 1. The molecule has 120 valence electrons. The van der Waals surface area contributed by atoms with Gasteiger partial charge in [-0.1, -0.05) is 42.5 Å². The Morgan fingerprint density at radius 3 is 2.35 bits per heavy atom. The van der Waals surface area contributed by atoms with Crippen LogP contribution in [0.4, 0.5) is 0 Å². The minimum atomic E-state index is -3.67. The van der Waals surface area contributed by atoms with Crippen LogP contribution in [0.3, 0.4) is 0 Å². The summed E-state index contributed by atoms with van der Waals surface area (Å²) < 4.78 is 28.3. The van der Waals surface area contributed by atoms with Crippen LogP contribution in [0.2, 0.25) is 0 Å². The van der Waals surface area contributed by atoms with Crippen molar-refractivity contribution in [2.75, 3.05) is 0 Å². The molecule has 0 aliphatic heterocycles. The van der Waals surface area contributed by atoms with Gasteiger partial charge in [-0.05, 0) is 60.2 Å². The summed E-state index contributed by atoms with van der Waals surface area (Å²) in [5.41, 5.74) is 4.55. The van der Waals surface area contributed by atoms with Crippen LogP contribution in [-0.4, -0.2) is 12.7 Å². The predicted octanol–water partition coefficient (Wildman–Crippen LogP) is 4.65. The standard InChI is InChI=1S/C18H18INO2S/c1-4-13-20(15(3)17-7-5-6-8-18(17)19)23(21,22)16-11-9-14(2)10-12-16/h5-13,15H,1H2,2-3H3. The first-order valence-corrected chi connectivity index (χ1v) is 9.60. The van der Waals surface area contributed by atoms with Crippen LogP contribution in [0.1, 0.15) is 24.1 Å². The first-order chi connectivity index (χ1) is 10.9. The van der Waals surface area contributed by atoms with E-state index in [0.717, 1.165) is 14.7 Å². The number of rotatable bonds is 5. The maximum atomic E-state index is 13.0. The second kappa shape index (κ2) is 7.34. The second-order valence-corrected chi connectivity index (χ2v) is 8.18. The van der Waals surface area contributed by atoms with Gasteiger partial charge >= 0.3 is 0 Å². The number of benzene rings is 2. The highest BCUT2D eigenvalue weighted by Gasteiger charge is 2.28. The summed E-state index contributed by atoms with van der Waals surface area (Å²) in [7, 11) is -3.67. The van der Waals surface area contributed by atoms with E-state index in [4.69, 9.17) is 0 Å². The maximum Gasteiger partial charge on any atom is 0.264 e. The molecule has 3 nitrogen and oxygen atoms in total. The smallest absolute Gasteiger partial charge is 0.259 e. The Balaban J connectivity index is 2.51. The fourth-order valence-electron chi connectivity index (χ4n) is 2.26. The van der Waals surface area contributed by atoms with Gasteiger partial charge in [-0.2, -0.15) is 0 Å². The fraction of sp³-hybridized carbons (Fsp3) is 0.167. The van der Waals surface area contributed by atoms with Crippen molar-refractivity contribution in [3.05, 3.63) is 81.7 Å². The highest BCUT2D eigenvalue weighted by Crippen LogP contribution is 2.30. The van der Waals surface area contributed by atoms with Crippen molar-refractivity contribution in [2.45, 2.75) is 24.8 Å². The van der Waals surface area contributed by atoms with Gasteiger partial charge in [-0.3, -0.25) is 4.31 Å². The number of hydrogen-bond acceptors (Lipinski definition) is 2. The monoisotopic (exact) mass is 439 g/mol. The zero-order valence-electron chi connectivity index (χ0n) is 13.0. The summed E-state index contributed by atoms with van der Waals surface area (Å²) >= 11 is 2.21. The molecular weight excluding hydrogens is 421 g/mol. The molecule has 1 unspecified atom stereocenters. The van der Waals surface area contributed by atoms with Crippen LogP contribution in [0.25, 0.3) is 0 Å². The molecule has 0 heterocycles. The summed E-state index contributed by atoms with van der Waals surface area (Å²) in [4.78, 5) is 0.257. The van der Waals surface area contributed by atoms with Gasteiger partial charge in [0.05, 0.1) is 17.1 Å². The molecule has 5 heteroatoms. The number of aryl methyl sites for hydroxylation is 1. The Hall–Kier alpha value is -1.56. The molecule has 0 radical (unpaired) electrons. The first-order valence-electron chi connectivity index (χ1n) is 7.08. The van der Waals surface area contributed by atoms with Crippen molar-refractivity contribution < 1.29 is 8.42 Å². The van der Waals surface area contributed by atoms with Gasteiger partial charge in [-0.15, -0.1) is 5.73 Å². The molecule has 0 saturated carbocycles. The molecule has 2 rings (SSSR count). The SMILES string of the molecule is C=C=CN(C(C)c1ccccc1I)S(=O)(=O)c1ccc(C)cc1. The Morgan fingerprint density at radius 1 is 1.17 bits per heavy atom. The Labute approximate surface area is 151 Å². The van der Waals surface area contributed by atoms with E-state index in [1.807, 2.05) is 38.1 Å². The fourth-order valence-corrected chi connectivity index (χ4v) is 4.57. The quantitative estimate of drug-likeness (QED) is 0.503.